The third-order valence-electron chi connectivity index (χ3n) is 3.99. The largest absolute Gasteiger partial charge is 0.338 e. The van der Waals surface area contributed by atoms with Crippen molar-refractivity contribution in [2.75, 3.05) is 23.8 Å². The molecule has 0 radical (unpaired) electrons. The summed E-state index contributed by atoms with van der Waals surface area (Å²) >= 11 is 1.53. The van der Waals surface area contributed by atoms with Crippen molar-refractivity contribution in [3.63, 3.8) is 0 Å². The predicted octanol–water partition coefficient (Wildman–Crippen LogP) is 2.43. The maximum atomic E-state index is 12.4. The molecule has 1 atom stereocenters. The van der Waals surface area contributed by atoms with Crippen molar-refractivity contribution in [2.24, 2.45) is 0 Å². The van der Waals surface area contributed by atoms with Crippen molar-refractivity contribution in [1.29, 1.82) is 0 Å². The van der Waals surface area contributed by atoms with Crippen LogP contribution in [0.1, 0.15) is 24.5 Å². The van der Waals surface area contributed by atoms with E-state index in [1.54, 1.807) is 4.90 Å². The molecular formula is C16H23NO3S2. The Hall–Kier alpha value is -1.01. The van der Waals surface area contributed by atoms with Crippen LogP contribution in [0, 0.1) is 13.8 Å². The molecule has 122 valence electrons. The molecular weight excluding hydrogens is 318 g/mol. The number of thioether (sulfide) groups is 1. The summed E-state index contributed by atoms with van der Waals surface area (Å²) in [5.41, 5.74) is 2.38. The lowest BCUT2D eigenvalue weighted by atomic mass is 10.2. The zero-order valence-corrected chi connectivity index (χ0v) is 15.0. The molecule has 2 rings (SSSR count). The van der Waals surface area contributed by atoms with Gasteiger partial charge < -0.3 is 4.90 Å². The predicted molar refractivity (Wildman–Crippen MR) is 91.1 cm³/mol. The molecule has 1 amide bonds. The van der Waals surface area contributed by atoms with E-state index in [1.807, 2.05) is 32.9 Å². The Labute approximate surface area is 137 Å². The molecule has 1 heterocycles. The van der Waals surface area contributed by atoms with Crippen molar-refractivity contribution < 1.29 is 13.2 Å². The van der Waals surface area contributed by atoms with E-state index in [0.717, 1.165) is 4.90 Å². The third-order valence-corrected chi connectivity index (χ3v) is 6.90. The molecule has 22 heavy (non-hydrogen) atoms. The van der Waals surface area contributed by atoms with Crippen LogP contribution >= 0.6 is 11.8 Å². The fourth-order valence-electron chi connectivity index (χ4n) is 2.84. The van der Waals surface area contributed by atoms with Gasteiger partial charge in [-0.05, 0) is 38.8 Å². The summed E-state index contributed by atoms with van der Waals surface area (Å²) in [6, 6.07) is 6.04. The van der Waals surface area contributed by atoms with Crippen LogP contribution < -0.4 is 0 Å². The van der Waals surface area contributed by atoms with Crippen LogP contribution in [-0.4, -0.2) is 49.1 Å². The van der Waals surface area contributed by atoms with Gasteiger partial charge in [0.1, 0.15) is 0 Å². The SMILES string of the molecule is CCN(C(=O)CSc1ccc(C)cc1C)C1CCS(=O)(=O)C1. The molecule has 1 aliphatic heterocycles. The van der Waals surface area contributed by atoms with E-state index in [-0.39, 0.29) is 23.5 Å². The first-order valence-corrected chi connectivity index (χ1v) is 10.3. The standard InChI is InChI=1S/C16H23NO3S2/c1-4-17(14-7-8-22(19,20)11-14)16(18)10-21-15-6-5-12(2)9-13(15)3/h5-6,9,14H,4,7-8,10-11H2,1-3H3. The normalized spacial score (nSPS) is 20.0. The smallest absolute Gasteiger partial charge is 0.233 e. The zero-order chi connectivity index (χ0) is 16.3. The topological polar surface area (TPSA) is 54.5 Å². The number of rotatable bonds is 5. The van der Waals surface area contributed by atoms with Gasteiger partial charge in [0, 0.05) is 17.5 Å². The van der Waals surface area contributed by atoms with E-state index in [2.05, 4.69) is 6.07 Å². The van der Waals surface area contributed by atoms with Crippen LogP contribution in [-0.2, 0) is 14.6 Å². The quantitative estimate of drug-likeness (QED) is 0.772. The van der Waals surface area contributed by atoms with E-state index in [0.29, 0.717) is 18.7 Å². The molecule has 1 saturated heterocycles. The summed E-state index contributed by atoms with van der Waals surface area (Å²) in [5, 5.41) is 0. The van der Waals surface area contributed by atoms with Gasteiger partial charge in [-0.15, -0.1) is 11.8 Å². The number of hydrogen-bond donors (Lipinski definition) is 0. The van der Waals surface area contributed by atoms with Gasteiger partial charge in [-0.1, -0.05) is 17.7 Å². The molecule has 1 unspecified atom stereocenters. The molecule has 4 nitrogen and oxygen atoms in total. The molecule has 0 N–H and O–H groups in total. The highest BCUT2D eigenvalue weighted by Gasteiger charge is 2.33. The number of carbonyl (C=O) groups excluding carboxylic acids is 1. The maximum Gasteiger partial charge on any atom is 0.233 e. The second-order valence-electron chi connectivity index (χ2n) is 5.79. The van der Waals surface area contributed by atoms with Gasteiger partial charge in [-0.3, -0.25) is 4.79 Å². The van der Waals surface area contributed by atoms with Gasteiger partial charge in [0.15, 0.2) is 9.84 Å². The number of benzene rings is 1. The monoisotopic (exact) mass is 341 g/mol. The van der Waals surface area contributed by atoms with Crippen LogP contribution in [0.15, 0.2) is 23.1 Å². The first kappa shape index (κ1) is 17.3. The number of hydrogen-bond acceptors (Lipinski definition) is 4. The average molecular weight is 341 g/mol. The Balaban J connectivity index is 1.98. The number of nitrogens with zero attached hydrogens (tertiary/aromatic N) is 1. The molecule has 0 aromatic heterocycles. The summed E-state index contributed by atoms with van der Waals surface area (Å²) in [6.45, 7) is 6.56. The minimum Gasteiger partial charge on any atom is -0.338 e. The molecule has 1 aromatic carbocycles. The lowest BCUT2D eigenvalue weighted by Gasteiger charge is -2.26. The summed E-state index contributed by atoms with van der Waals surface area (Å²) in [7, 11) is -2.96. The van der Waals surface area contributed by atoms with E-state index in [4.69, 9.17) is 0 Å². The first-order chi connectivity index (χ1) is 10.3. The minimum absolute atomic E-state index is 0.0228. The van der Waals surface area contributed by atoms with Crippen LogP contribution in [0.4, 0.5) is 0 Å². The second kappa shape index (κ2) is 7.04. The van der Waals surface area contributed by atoms with E-state index in [9.17, 15) is 13.2 Å². The van der Waals surface area contributed by atoms with E-state index in [1.165, 1.54) is 22.9 Å². The molecule has 1 aromatic rings. The Morgan fingerprint density at radius 3 is 2.64 bits per heavy atom. The Morgan fingerprint density at radius 2 is 2.09 bits per heavy atom. The Kier molecular flexibility index (Phi) is 5.55. The number of aryl methyl sites for hydroxylation is 2. The van der Waals surface area contributed by atoms with Gasteiger partial charge >= 0.3 is 0 Å². The minimum atomic E-state index is -2.96. The van der Waals surface area contributed by atoms with E-state index < -0.39 is 9.84 Å². The molecule has 0 spiro atoms. The number of amides is 1. The molecule has 1 aliphatic rings. The lowest BCUT2D eigenvalue weighted by molar-refractivity contribution is -0.129. The summed E-state index contributed by atoms with van der Waals surface area (Å²) in [4.78, 5) is 15.3. The summed E-state index contributed by atoms with van der Waals surface area (Å²) in [6.07, 6.45) is 0.566. The third kappa shape index (κ3) is 4.26. The second-order valence-corrected chi connectivity index (χ2v) is 9.04. The van der Waals surface area contributed by atoms with Gasteiger partial charge in [-0.2, -0.15) is 0 Å². The van der Waals surface area contributed by atoms with Crippen LogP contribution in [0.3, 0.4) is 0 Å². The van der Waals surface area contributed by atoms with Crippen molar-refractivity contribution in [3.05, 3.63) is 29.3 Å². The Bertz CT molecular complexity index is 655. The first-order valence-electron chi connectivity index (χ1n) is 7.52. The van der Waals surface area contributed by atoms with Crippen molar-refractivity contribution in [1.82, 2.24) is 4.90 Å². The highest BCUT2D eigenvalue weighted by Crippen LogP contribution is 2.25. The lowest BCUT2D eigenvalue weighted by Crippen LogP contribution is -2.41. The van der Waals surface area contributed by atoms with Gasteiger partial charge in [0.05, 0.1) is 17.3 Å². The fraction of sp³-hybridized carbons (Fsp3) is 0.562. The van der Waals surface area contributed by atoms with Gasteiger partial charge in [-0.25, -0.2) is 8.42 Å². The number of carbonyl (C=O) groups is 1. The van der Waals surface area contributed by atoms with Gasteiger partial charge in [0.2, 0.25) is 5.91 Å². The van der Waals surface area contributed by atoms with Gasteiger partial charge in [0.25, 0.3) is 0 Å². The van der Waals surface area contributed by atoms with Crippen LogP contribution in [0.25, 0.3) is 0 Å². The average Bonchev–Trinajstić information content (AvgIpc) is 2.78. The van der Waals surface area contributed by atoms with Crippen LogP contribution in [0.2, 0.25) is 0 Å². The van der Waals surface area contributed by atoms with Crippen molar-refractivity contribution in [2.45, 2.75) is 38.1 Å². The highest BCUT2D eigenvalue weighted by atomic mass is 32.2. The maximum absolute atomic E-state index is 12.4. The summed E-state index contributed by atoms with van der Waals surface area (Å²) in [5.74, 6) is 0.690. The van der Waals surface area contributed by atoms with Crippen molar-refractivity contribution >= 4 is 27.5 Å². The fourth-order valence-corrected chi connectivity index (χ4v) is 5.47. The van der Waals surface area contributed by atoms with Crippen LogP contribution in [0.5, 0.6) is 0 Å². The molecule has 6 heteroatoms. The highest BCUT2D eigenvalue weighted by molar-refractivity contribution is 8.00. The molecule has 1 fully saturated rings. The summed E-state index contributed by atoms with van der Waals surface area (Å²) < 4.78 is 23.2. The van der Waals surface area contributed by atoms with E-state index >= 15 is 0 Å². The number of sulfone groups is 1. The molecule has 0 bridgehead atoms. The zero-order valence-electron chi connectivity index (χ0n) is 13.3. The van der Waals surface area contributed by atoms with Crippen molar-refractivity contribution in [3.8, 4) is 0 Å². The molecule has 0 aliphatic carbocycles. The molecule has 0 saturated carbocycles. The Morgan fingerprint density at radius 1 is 1.36 bits per heavy atom.